The van der Waals surface area contributed by atoms with E-state index in [2.05, 4.69) is 4.72 Å². The molecule has 0 atom stereocenters. The summed E-state index contributed by atoms with van der Waals surface area (Å²) in [6.07, 6.45) is 1.17. The van der Waals surface area contributed by atoms with Crippen LogP contribution in [0.2, 0.25) is 10.0 Å². The van der Waals surface area contributed by atoms with Crippen molar-refractivity contribution in [3.8, 4) is 0 Å². The van der Waals surface area contributed by atoms with Gasteiger partial charge in [0.15, 0.2) is 0 Å². The third-order valence-corrected chi connectivity index (χ3v) is 6.47. The van der Waals surface area contributed by atoms with E-state index >= 15 is 0 Å². The van der Waals surface area contributed by atoms with E-state index in [4.69, 9.17) is 35.4 Å². The van der Waals surface area contributed by atoms with Crippen LogP contribution in [-0.4, -0.2) is 13.3 Å². The first kappa shape index (κ1) is 20.8. The van der Waals surface area contributed by atoms with Crippen LogP contribution in [0.15, 0.2) is 77.7 Å². The van der Waals surface area contributed by atoms with E-state index in [0.29, 0.717) is 28.6 Å². The molecule has 0 radical (unpaired) electrons. The Morgan fingerprint density at radius 1 is 0.821 bits per heavy atom. The number of nitrogens with one attached hydrogen (secondary N) is 1. The van der Waals surface area contributed by atoms with Crippen LogP contribution in [-0.2, 0) is 22.9 Å². The summed E-state index contributed by atoms with van der Waals surface area (Å²) in [6.45, 7) is 0. The first-order valence-corrected chi connectivity index (χ1v) is 11.1. The van der Waals surface area contributed by atoms with Crippen molar-refractivity contribution in [3.63, 3.8) is 0 Å². The first-order chi connectivity index (χ1) is 13.3. The molecular formula is C21H17Cl2NO2S2. The minimum atomic E-state index is -3.63. The van der Waals surface area contributed by atoms with E-state index in [9.17, 15) is 8.42 Å². The van der Waals surface area contributed by atoms with Crippen molar-refractivity contribution in [2.75, 3.05) is 4.72 Å². The topological polar surface area (TPSA) is 46.2 Å². The zero-order valence-electron chi connectivity index (χ0n) is 14.7. The molecule has 1 N–H and O–H groups in total. The molecule has 3 aromatic carbocycles. The molecule has 7 heteroatoms. The number of halogens is 2. The molecular weight excluding hydrogens is 433 g/mol. The lowest BCUT2D eigenvalue weighted by atomic mass is 10.0. The summed E-state index contributed by atoms with van der Waals surface area (Å²) in [5, 5.41) is 1.01. The van der Waals surface area contributed by atoms with Crippen LogP contribution in [0, 0.1) is 0 Å². The zero-order chi connectivity index (χ0) is 20.1. The number of rotatable bonds is 7. The van der Waals surface area contributed by atoms with Gasteiger partial charge < -0.3 is 0 Å². The van der Waals surface area contributed by atoms with Crippen molar-refractivity contribution in [3.05, 3.63) is 94.0 Å². The summed E-state index contributed by atoms with van der Waals surface area (Å²) in [5.41, 5.74) is 2.46. The molecule has 3 rings (SSSR count). The van der Waals surface area contributed by atoms with E-state index in [1.165, 1.54) is 0 Å². The summed E-state index contributed by atoms with van der Waals surface area (Å²) in [5.74, 6) is 0. The number of benzene rings is 3. The van der Waals surface area contributed by atoms with Gasteiger partial charge in [-0.15, -0.1) is 0 Å². The molecule has 0 unspecified atom stereocenters. The molecule has 3 nitrogen and oxygen atoms in total. The number of para-hydroxylation sites is 1. The highest BCUT2D eigenvalue weighted by molar-refractivity contribution is 7.92. The van der Waals surface area contributed by atoms with Gasteiger partial charge in [-0.2, -0.15) is 0 Å². The van der Waals surface area contributed by atoms with E-state index in [0.717, 1.165) is 16.0 Å². The minimum Gasteiger partial charge on any atom is -0.280 e. The van der Waals surface area contributed by atoms with Gasteiger partial charge in [-0.25, -0.2) is 8.42 Å². The number of hydrogen-bond acceptors (Lipinski definition) is 3. The smallest absolute Gasteiger partial charge is 0.261 e. The summed E-state index contributed by atoms with van der Waals surface area (Å²) in [6, 6.07) is 21.0. The summed E-state index contributed by atoms with van der Waals surface area (Å²) in [7, 11) is -3.63. The maximum absolute atomic E-state index is 12.5. The van der Waals surface area contributed by atoms with E-state index in [-0.39, 0.29) is 4.90 Å². The van der Waals surface area contributed by atoms with Crippen molar-refractivity contribution in [1.29, 1.82) is 0 Å². The van der Waals surface area contributed by atoms with Crippen LogP contribution in [0.4, 0.5) is 5.69 Å². The van der Waals surface area contributed by atoms with Gasteiger partial charge in [-0.1, -0.05) is 71.8 Å². The molecule has 0 aliphatic carbocycles. The van der Waals surface area contributed by atoms with Gasteiger partial charge in [0, 0.05) is 23.4 Å². The van der Waals surface area contributed by atoms with Gasteiger partial charge in [-0.05, 0) is 47.5 Å². The lowest BCUT2D eigenvalue weighted by Gasteiger charge is -2.09. The Kier molecular flexibility index (Phi) is 6.73. The van der Waals surface area contributed by atoms with Crippen LogP contribution in [0.3, 0.4) is 0 Å². The Labute approximate surface area is 180 Å². The fraction of sp³-hybridized carbons (Fsp3) is 0.0952. The molecule has 28 heavy (non-hydrogen) atoms. The molecule has 0 saturated heterocycles. The van der Waals surface area contributed by atoms with Crippen LogP contribution < -0.4 is 4.72 Å². The van der Waals surface area contributed by atoms with Crippen molar-refractivity contribution in [1.82, 2.24) is 0 Å². The summed E-state index contributed by atoms with van der Waals surface area (Å²) < 4.78 is 27.5. The first-order valence-electron chi connectivity index (χ1n) is 8.46. The highest BCUT2D eigenvalue weighted by atomic mass is 35.5. The minimum absolute atomic E-state index is 0.204. The zero-order valence-corrected chi connectivity index (χ0v) is 17.9. The van der Waals surface area contributed by atoms with Gasteiger partial charge >= 0.3 is 0 Å². The van der Waals surface area contributed by atoms with Gasteiger partial charge in [-0.3, -0.25) is 4.72 Å². The Balaban J connectivity index is 1.65. The molecule has 144 valence electrons. The van der Waals surface area contributed by atoms with Gasteiger partial charge in [0.1, 0.15) is 0 Å². The maximum atomic E-state index is 12.5. The van der Waals surface area contributed by atoms with Crippen LogP contribution >= 0.6 is 35.4 Å². The van der Waals surface area contributed by atoms with Gasteiger partial charge in [0.2, 0.25) is 0 Å². The Bertz CT molecular complexity index is 1080. The Hall–Kier alpha value is -1.92. The summed E-state index contributed by atoms with van der Waals surface area (Å²) >= 11 is 17.4. The second-order valence-electron chi connectivity index (χ2n) is 6.26. The van der Waals surface area contributed by atoms with Crippen LogP contribution in [0.5, 0.6) is 0 Å². The maximum Gasteiger partial charge on any atom is 0.261 e. The highest BCUT2D eigenvalue weighted by Crippen LogP contribution is 2.23. The van der Waals surface area contributed by atoms with Crippen LogP contribution in [0.25, 0.3) is 0 Å². The number of hydrogen-bond donors (Lipinski definition) is 1. The monoisotopic (exact) mass is 449 g/mol. The number of thiocarbonyl (C=S) groups is 1. The molecule has 0 spiro atoms. The number of sulfonamides is 1. The SMILES string of the molecule is O=S(=O)(Nc1ccccc1)c1ccc(CC(=S)Cc2ccc(Cl)c(Cl)c2)cc1. The second kappa shape index (κ2) is 9.05. The highest BCUT2D eigenvalue weighted by Gasteiger charge is 2.14. The Morgan fingerprint density at radius 2 is 1.43 bits per heavy atom. The van der Waals surface area contributed by atoms with E-state index in [1.807, 2.05) is 12.1 Å². The van der Waals surface area contributed by atoms with Crippen molar-refractivity contribution < 1.29 is 8.42 Å². The largest absolute Gasteiger partial charge is 0.280 e. The average molecular weight is 450 g/mol. The predicted molar refractivity (Wildman–Crippen MR) is 120 cm³/mol. The lowest BCUT2D eigenvalue weighted by molar-refractivity contribution is 0.601. The quantitative estimate of drug-likeness (QED) is 0.453. The summed E-state index contributed by atoms with van der Waals surface area (Å²) in [4.78, 5) is 1.03. The molecule has 0 aliphatic heterocycles. The molecule has 0 saturated carbocycles. The van der Waals surface area contributed by atoms with Gasteiger partial charge in [0.25, 0.3) is 10.0 Å². The normalized spacial score (nSPS) is 11.2. The van der Waals surface area contributed by atoms with Crippen molar-refractivity contribution in [2.45, 2.75) is 17.7 Å². The third-order valence-electron chi connectivity index (χ3n) is 4.05. The molecule has 0 aromatic heterocycles. The second-order valence-corrected chi connectivity index (χ2v) is 9.33. The molecule has 3 aromatic rings. The average Bonchev–Trinajstić information content (AvgIpc) is 2.65. The number of anilines is 1. The lowest BCUT2D eigenvalue weighted by Crippen LogP contribution is -2.13. The Morgan fingerprint density at radius 3 is 2.07 bits per heavy atom. The van der Waals surface area contributed by atoms with Crippen molar-refractivity contribution in [2.24, 2.45) is 0 Å². The fourth-order valence-corrected chi connectivity index (χ4v) is 4.39. The predicted octanol–water partition coefficient (Wildman–Crippen LogP) is 5.95. The molecule has 0 bridgehead atoms. The standard InChI is InChI=1S/C21H17Cl2NO2S2/c22-20-11-8-16(14-21(20)23)13-18(27)12-15-6-9-19(10-7-15)28(25,26)24-17-4-2-1-3-5-17/h1-11,14,24H,12-13H2. The molecule has 0 fully saturated rings. The van der Waals surface area contributed by atoms with E-state index in [1.54, 1.807) is 60.7 Å². The van der Waals surface area contributed by atoms with Crippen molar-refractivity contribution >= 4 is 56.0 Å². The molecule has 0 amide bonds. The molecule has 0 aliphatic rings. The third kappa shape index (κ3) is 5.55. The van der Waals surface area contributed by atoms with Crippen LogP contribution in [0.1, 0.15) is 11.1 Å². The van der Waals surface area contributed by atoms with Gasteiger partial charge in [0.05, 0.1) is 14.9 Å². The fourth-order valence-electron chi connectivity index (χ4n) is 2.67. The van der Waals surface area contributed by atoms with E-state index < -0.39 is 10.0 Å². The molecule has 0 heterocycles.